The van der Waals surface area contributed by atoms with Crippen LogP contribution in [0.3, 0.4) is 0 Å². The molecule has 0 spiro atoms. The fourth-order valence-electron chi connectivity index (χ4n) is 2.74. The van der Waals surface area contributed by atoms with Gasteiger partial charge < -0.3 is 5.32 Å². The van der Waals surface area contributed by atoms with Gasteiger partial charge in [-0.2, -0.15) is 0 Å². The summed E-state index contributed by atoms with van der Waals surface area (Å²) in [7, 11) is 0. The lowest BCUT2D eigenvalue weighted by Crippen LogP contribution is -2.30. The first-order valence-corrected chi connectivity index (χ1v) is 10.3. The molecular formula is C21H37ClF2N2. The van der Waals surface area contributed by atoms with Crippen molar-refractivity contribution < 1.29 is 8.78 Å². The van der Waals surface area contributed by atoms with Crippen molar-refractivity contribution in [3.05, 3.63) is 22.5 Å². The maximum Gasteiger partial charge on any atom is 0.248 e. The van der Waals surface area contributed by atoms with Crippen LogP contribution in [0.15, 0.2) is 27.5 Å². The molecule has 0 saturated carbocycles. The Labute approximate surface area is 164 Å². The van der Waals surface area contributed by atoms with Crippen LogP contribution in [-0.2, 0) is 0 Å². The van der Waals surface area contributed by atoms with E-state index in [0.29, 0.717) is 11.6 Å². The third-order valence-corrected chi connectivity index (χ3v) is 5.25. The third kappa shape index (κ3) is 10.3. The Morgan fingerprint density at radius 3 is 2.42 bits per heavy atom. The van der Waals surface area contributed by atoms with Crippen LogP contribution >= 0.6 is 11.6 Å². The number of hydrogen-bond acceptors (Lipinski definition) is 2. The van der Waals surface area contributed by atoms with E-state index in [1.807, 2.05) is 20.8 Å². The van der Waals surface area contributed by atoms with Gasteiger partial charge in [-0.15, -0.1) is 0 Å². The summed E-state index contributed by atoms with van der Waals surface area (Å²) in [6.07, 6.45) is 7.18. The molecule has 2 unspecified atom stereocenters. The first kappa shape index (κ1) is 25.1. The molecule has 2 atom stereocenters. The number of allylic oxidation sites excluding steroid dienone is 3. The summed E-state index contributed by atoms with van der Waals surface area (Å²) < 4.78 is 27.7. The molecule has 0 aliphatic carbocycles. The molecule has 0 radical (unpaired) electrons. The van der Waals surface area contributed by atoms with Crippen molar-refractivity contribution in [3.8, 4) is 0 Å². The molecule has 0 bridgehead atoms. The van der Waals surface area contributed by atoms with E-state index in [9.17, 15) is 8.78 Å². The van der Waals surface area contributed by atoms with Gasteiger partial charge in [0.15, 0.2) is 0 Å². The van der Waals surface area contributed by atoms with Gasteiger partial charge in [0.1, 0.15) is 5.82 Å². The number of aliphatic imine (C=N–C) groups is 1. The van der Waals surface area contributed by atoms with Crippen molar-refractivity contribution in [3.63, 3.8) is 0 Å². The van der Waals surface area contributed by atoms with Crippen LogP contribution < -0.4 is 5.32 Å². The highest BCUT2D eigenvalue weighted by Crippen LogP contribution is 2.32. The maximum atomic E-state index is 13.8. The molecule has 0 aromatic rings. The molecule has 152 valence electrons. The van der Waals surface area contributed by atoms with Crippen LogP contribution in [0.5, 0.6) is 0 Å². The maximum absolute atomic E-state index is 13.8. The Bertz CT molecular complexity index is 484. The van der Waals surface area contributed by atoms with Gasteiger partial charge in [-0.3, -0.25) is 0 Å². The van der Waals surface area contributed by atoms with E-state index in [4.69, 9.17) is 11.6 Å². The van der Waals surface area contributed by atoms with E-state index < -0.39 is 5.92 Å². The minimum atomic E-state index is -2.58. The summed E-state index contributed by atoms with van der Waals surface area (Å²) >= 11 is 6.01. The van der Waals surface area contributed by atoms with Gasteiger partial charge in [0.2, 0.25) is 5.92 Å². The summed E-state index contributed by atoms with van der Waals surface area (Å²) in [5.74, 6) is -1.64. The zero-order valence-electron chi connectivity index (χ0n) is 17.3. The van der Waals surface area contributed by atoms with Gasteiger partial charge in [0.25, 0.3) is 0 Å². The normalized spacial score (nSPS) is 16.6. The minimum Gasteiger partial charge on any atom is -0.370 e. The smallest absolute Gasteiger partial charge is 0.248 e. The predicted molar refractivity (Wildman–Crippen MR) is 111 cm³/mol. The second-order valence-electron chi connectivity index (χ2n) is 7.09. The molecule has 26 heavy (non-hydrogen) atoms. The summed E-state index contributed by atoms with van der Waals surface area (Å²) in [5.41, 5.74) is 1.13. The summed E-state index contributed by atoms with van der Waals surface area (Å²) in [6.45, 7) is 12.2. The van der Waals surface area contributed by atoms with Gasteiger partial charge in [-0.25, -0.2) is 13.8 Å². The van der Waals surface area contributed by atoms with E-state index in [1.54, 1.807) is 19.2 Å². The minimum absolute atomic E-state index is 0.0460. The first-order valence-electron chi connectivity index (χ1n) is 9.87. The van der Waals surface area contributed by atoms with Crippen LogP contribution in [0, 0.1) is 11.8 Å². The lowest BCUT2D eigenvalue weighted by atomic mass is 9.84. The fraction of sp³-hybridized carbons (Fsp3) is 0.762. The van der Waals surface area contributed by atoms with Crippen molar-refractivity contribution in [2.24, 2.45) is 16.8 Å². The topological polar surface area (TPSA) is 24.4 Å². The number of nitrogens with one attached hydrogen (secondary N) is 1. The molecule has 0 heterocycles. The lowest BCUT2D eigenvalue weighted by molar-refractivity contribution is -0.0319. The van der Waals surface area contributed by atoms with Crippen LogP contribution in [0.25, 0.3) is 0 Å². The Morgan fingerprint density at radius 1 is 1.27 bits per heavy atom. The monoisotopic (exact) mass is 390 g/mol. The molecule has 0 fully saturated rings. The van der Waals surface area contributed by atoms with Crippen molar-refractivity contribution in [2.45, 2.75) is 86.0 Å². The van der Waals surface area contributed by atoms with Gasteiger partial charge in [-0.1, -0.05) is 58.2 Å². The molecule has 0 saturated heterocycles. The van der Waals surface area contributed by atoms with Crippen molar-refractivity contribution in [1.82, 2.24) is 5.32 Å². The molecule has 0 aromatic heterocycles. The average molecular weight is 391 g/mol. The fourth-order valence-corrected chi connectivity index (χ4v) is 2.79. The zero-order chi connectivity index (χ0) is 20.2. The number of rotatable bonds is 13. The van der Waals surface area contributed by atoms with Crippen molar-refractivity contribution >= 4 is 17.8 Å². The quantitative estimate of drug-likeness (QED) is 0.327. The van der Waals surface area contributed by atoms with Crippen molar-refractivity contribution in [2.75, 3.05) is 6.54 Å². The number of hydrogen-bond donors (Lipinski definition) is 1. The third-order valence-electron chi connectivity index (χ3n) is 4.93. The van der Waals surface area contributed by atoms with Gasteiger partial charge in [0, 0.05) is 25.6 Å². The van der Waals surface area contributed by atoms with Crippen LogP contribution in [-0.4, -0.2) is 18.7 Å². The Hall–Kier alpha value is -0.900. The van der Waals surface area contributed by atoms with E-state index in [-0.39, 0.29) is 24.7 Å². The first-order chi connectivity index (χ1) is 12.2. The van der Waals surface area contributed by atoms with Crippen LogP contribution in [0.4, 0.5) is 8.78 Å². The van der Waals surface area contributed by atoms with Crippen LogP contribution in [0.2, 0.25) is 0 Å². The van der Waals surface area contributed by atoms with Crippen LogP contribution in [0.1, 0.15) is 80.1 Å². The molecule has 1 N–H and O–H groups in total. The standard InChI is InChI=1S/C21H37ClF2N2/c1-7-11-12-18(17(6)13-21(23,24)10-4)14-25-20(16(5)8-2)26-15-19(22)9-3/h9,15,17-18,25H,7-8,10-14H2,1-6H3/b19-9+,20-16-,26-15-. The predicted octanol–water partition coefficient (Wildman–Crippen LogP) is 7.31. The van der Waals surface area contributed by atoms with E-state index in [0.717, 1.165) is 37.1 Å². The highest BCUT2D eigenvalue weighted by Gasteiger charge is 2.31. The molecular weight excluding hydrogens is 354 g/mol. The van der Waals surface area contributed by atoms with E-state index >= 15 is 0 Å². The van der Waals surface area contributed by atoms with E-state index in [1.165, 1.54) is 0 Å². The Morgan fingerprint density at radius 2 is 1.92 bits per heavy atom. The SMILES string of the molecule is C\C=C(Cl)/C=N\C(NCC(CCCC)C(C)CC(F)(F)CC)=C(\C)CC. The van der Waals surface area contributed by atoms with Crippen molar-refractivity contribution in [1.29, 1.82) is 0 Å². The highest BCUT2D eigenvalue weighted by molar-refractivity contribution is 6.39. The number of nitrogens with zero attached hydrogens (tertiary/aromatic N) is 1. The summed E-state index contributed by atoms with van der Waals surface area (Å²) in [6, 6.07) is 0. The van der Waals surface area contributed by atoms with Gasteiger partial charge >= 0.3 is 0 Å². The zero-order valence-corrected chi connectivity index (χ0v) is 18.1. The van der Waals surface area contributed by atoms with Gasteiger partial charge in [0.05, 0.1) is 5.03 Å². The van der Waals surface area contributed by atoms with Gasteiger partial charge in [-0.05, 0) is 44.1 Å². The molecule has 0 aliphatic heterocycles. The molecule has 2 nitrogen and oxygen atoms in total. The second-order valence-corrected chi connectivity index (χ2v) is 7.52. The number of halogens is 3. The highest BCUT2D eigenvalue weighted by atomic mass is 35.5. The Kier molecular flexibility index (Phi) is 12.8. The largest absolute Gasteiger partial charge is 0.370 e. The molecule has 0 aliphatic rings. The summed E-state index contributed by atoms with van der Waals surface area (Å²) in [4.78, 5) is 4.46. The Balaban J connectivity index is 5.14. The average Bonchev–Trinajstić information content (AvgIpc) is 2.62. The molecule has 0 amide bonds. The lowest BCUT2D eigenvalue weighted by Gasteiger charge is -2.28. The second kappa shape index (κ2) is 13.3. The molecule has 0 aromatic carbocycles. The number of alkyl halides is 2. The summed E-state index contributed by atoms with van der Waals surface area (Å²) in [5, 5.41) is 3.97. The van der Waals surface area contributed by atoms with E-state index in [2.05, 4.69) is 24.2 Å². The molecule has 0 rings (SSSR count). The number of unbranched alkanes of at least 4 members (excludes halogenated alkanes) is 1. The molecule has 5 heteroatoms.